The molecule has 1 aromatic rings. The number of aromatic amines is 1. The molecule has 0 aromatic carbocycles. The number of fused-ring (bicyclic) bond motifs is 4. The Labute approximate surface area is 133 Å². The second kappa shape index (κ2) is 6.82. The van der Waals surface area contributed by atoms with Crippen LogP contribution in [0.4, 0.5) is 0 Å². The highest BCUT2D eigenvalue weighted by atomic mass is 16.2. The van der Waals surface area contributed by atoms with Crippen LogP contribution in [0.15, 0.2) is 6.20 Å². The fraction of sp³-hybridized carbons (Fsp3) is 0.765. The van der Waals surface area contributed by atoms with Gasteiger partial charge in [-0.1, -0.05) is 13.3 Å². The highest BCUT2D eigenvalue weighted by molar-refractivity contribution is 5.73. The number of unbranched alkanes of at least 4 members (excludes halogenated alkanes) is 1. The van der Waals surface area contributed by atoms with E-state index in [1.54, 1.807) is 6.92 Å². The Morgan fingerprint density at radius 3 is 3.00 bits per heavy atom. The Bertz CT molecular complexity index is 513. The van der Waals surface area contributed by atoms with Crippen LogP contribution in [0.2, 0.25) is 0 Å². The van der Waals surface area contributed by atoms with Gasteiger partial charge in [0.2, 0.25) is 5.91 Å². The third-order valence-electron chi connectivity index (χ3n) is 5.09. The van der Waals surface area contributed by atoms with E-state index in [1.807, 2.05) is 11.1 Å². The van der Waals surface area contributed by atoms with Gasteiger partial charge < -0.3 is 9.88 Å². The minimum Gasteiger partial charge on any atom is -0.345 e. The van der Waals surface area contributed by atoms with Crippen LogP contribution in [0, 0.1) is 5.92 Å². The number of hydrogen-bond acceptors (Lipinski definition) is 3. The molecule has 3 fully saturated rings. The van der Waals surface area contributed by atoms with Crippen molar-refractivity contribution in [3.8, 4) is 0 Å². The van der Waals surface area contributed by atoms with Crippen LogP contribution < -0.4 is 0 Å². The molecule has 5 nitrogen and oxygen atoms in total. The van der Waals surface area contributed by atoms with Crippen LogP contribution in [-0.4, -0.2) is 51.4 Å². The first-order valence-electron chi connectivity index (χ1n) is 8.68. The molecular formula is C17H28N4O. The van der Waals surface area contributed by atoms with Gasteiger partial charge in [-0.25, -0.2) is 4.98 Å². The lowest BCUT2D eigenvalue weighted by molar-refractivity contribution is -0.129. The quantitative estimate of drug-likeness (QED) is 0.907. The van der Waals surface area contributed by atoms with Crippen molar-refractivity contribution in [1.29, 1.82) is 0 Å². The van der Waals surface area contributed by atoms with Gasteiger partial charge in [0.05, 0.1) is 0 Å². The van der Waals surface area contributed by atoms with Crippen molar-refractivity contribution in [3.63, 3.8) is 0 Å². The molecule has 22 heavy (non-hydrogen) atoms. The van der Waals surface area contributed by atoms with E-state index in [9.17, 15) is 4.79 Å². The molecule has 1 aromatic heterocycles. The molecule has 0 unspecified atom stereocenters. The zero-order valence-electron chi connectivity index (χ0n) is 13.8. The molecule has 3 aliphatic rings. The van der Waals surface area contributed by atoms with Crippen LogP contribution in [0.3, 0.4) is 0 Å². The molecule has 4 rings (SSSR count). The van der Waals surface area contributed by atoms with Crippen LogP contribution in [0.5, 0.6) is 0 Å². The smallest absolute Gasteiger partial charge is 0.219 e. The molecule has 4 heterocycles. The number of carbonyl (C=O) groups excluding carboxylic acids is 1. The van der Waals surface area contributed by atoms with Crippen LogP contribution in [-0.2, 0) is 17.8 Å². The maximum Gasteiger partial charge on any atom is 0.219 e. The van der Waals surface area contributed by atoms with Gasteiger partial charge in [0.15, 0.2) is 0 Å². The number of aromatic nitrogens is 2. The number of carbonyl (C=O) groups is 1. The summed E-state index contributed by atoms with van der Waals surface area (Å²) in [6, 6.07) is 0.505. The topological polar surface area (TPSA) is 52.2 Å². The molecule has 1 N–H and O–H groups in total. The van der Waals surface area contributed by atoms with Crippen LogP contribution in [0.1, 0.15) is 51.0 Å². The number of nitrogens with zero attached hydrogens (tertiary/aromatic N) is 3. The second-order valence-electron chi connectivity index (χ2n) is 6.91. The number of nitrogens with one attached hydrogen (secondary N) is 1. The monoisotopic (exact) mass is 304 g/mol. The fourth-order valence-corrected chi connectivity index (χ4v) is 3.81. The third-order valence-corrected chi connectivity index (χ3v) is 5.09. The number of hydrogen-bond donors (Lipinski definition) is 1. The van der Waals surface area contributed by atoms with Crippen molar-refractivity contribution in [2.75, 3.05) is 19.6 Å². The largest absolute Gasteiger partial charge is 0.345 e. The molecule has 1 amide bonds. The van der Waals surface area contributed by atoms with Crippen molar-refractivity contribution in [2.45, 2.75) is 58.5 Å². The van der Waals surface area contributed by atoms with Crippen molar-refractivity contribution >= 4 is 5.91 Å². The lowest BCUT2D eigenvalue weighted by Crippen LogP contribution is -2.43. The van der Waals surface area contributed by atoms with Crippen LogP contribution in [0.25, 0.3) is 0 Å². The molecule has 3 aliphatic heterocycles. The molecule has 0 saturated carbocycles. The summed E-state index contributed by atoms with van der Waals surface area (Å²) in [5.41, 5.74) is 1.22. The standard InChI is InChI=1S/C17H28N4O/c1-3-4-5-17-18-8-15(19-17)11-21-10-14-6-7-16(21)12-20(9-14)13(2)22/h8,14,16H,3-7,9-12H2,1-2H3,(H,18,19)/t14-,16+/m0/s1. The zero-order chi connectivity index (χ0) is 15.5. The summed E-state index contributed by atoms with van der Waals surface area (Å²) in [6.45, 7) is 7.78. The van der Waals surface area contributed by atoms with E-state index in [1.165, 1.54) is 31.4 Å². The van der Waals surface area contributed by atoms with E-state index in [0.29, 0.717) is 12.0 Å². The Balaban J connectivity index is 1.63. The molecular weight excluding hydrogens is 276 g/mol. The fourth-order valence-electron chi connectivity index (χ4n) is 3.81. The van der Waals surface area contributed by atoms with Crippen molar-refractivity contribution in [2.24, 2.45) is 5.92 Å². The van der Waals surface area contributed by atoms with E-state index >= 15 is 0 Å². The number of imidazole rings is 1. The predicted octanol–water partition coefficient (Wildman–Crippen LogP) is 2.19. The van der Waals surface area contributed by atoms with E-state index in [4.69, 9.17) is 0 Å². The van der Waals surface area contributed by atoms with Gasteiger partial charge in [0.1, 0.15) is 5.82 Å². The van der Waals surface area contributed by atoms with Crippen LogP contribution >= 0.6 is 0 Å². The second-order valence-corrected chi connectivity index (χ2v) is 6.91. The van der Waals surface area contributed by atoms with E-state index in [2.05, 4.69) is 21.8 Å². The maximum absolute atomic E-state index is 11.7. The summed E-state index contributed by atoms with van der Waals surface area (Å²) in [5.74, 6) is 1.97. The minimum absolute atomic E-state index is 0.224. The Morgan fingerprint density at radius 1 is 1.36 bits per heavy atom. The summed E-state index contributed by atoms with van der Waals surface area (Å²) in [6.07, 6.45) is 7.90. The van der Waals surface area contributed by atoms with Gasteiger partial charge in [-0.05, 0) is 25.2 Å². The Hall–Kier alpha value is -1.36. The van der Waals surface area contributed by atoms with Gasteiger partial charge in [0.25, 0.3) is 0 Å². The lowest BCUT2D eigenvalue weighted by atomic mass is 9.95. The first kappa shape index (κ1) is 15.5. The highest BCUT2D eigenvalue weighted by Crippen LogP contribution is 2.29. The van der Waals surface area contributed by atoms with Crippen molar-refractivity contribution < 1.29 is 4.79 Å². The zero-order valence-corrected chi connectivity index (χ0v) is 13.8. The molecule has 0 spiro atoms. The maximum atomic E-state index is 11.7. The van der Waals surface area contributed by atoms with Gasteiger partial charge in [-0.3, -0.25) is 9.69 Å². The summed E-state index contributed by atoms with van der Waals surface area (Å²) in [4.78, 5) is 24.3. The molecule has 0 radical (unpaired) electrons. The highest BCUT2D eigenvalue weighted by Gasteiger charge is 2.35. The molecule has 0 aliphatic carbocycles. The summed E-state index contributed by atoms with van der Waals surface area (Å²) < 4.78 is 0. The number of rotatable bonds is 5. The first-order chi connectivity index (χ1) is 10.7. The van der Waals surface area contributed by atoms with E-state index < -0.39 is 0 Å². The van der Waals surface area contributed by atoms with Gasteiger partial charge in [0, 0.05) is 57.5 Å². The molecule has 2 atom stereocenters. The molecule has 2 bridgehead atoms. The number of aryl methyl sites for hydroxylation is 1. The predicted molar refractivity (Wildman–Crippen MR) is 86.4 cm³/mol. The average molecular weight is 304 g/mol. The van der Waals surface area contributed by atoms with Gasteiger partial charge >= 0.3 is 0 Å². The molecule has 5 heteroatoms. The molecule has 122 valence electrons. The number of piperidine rings is 1. The summed E-state index contributed by atoms with van der Waals surface area (Å²) >= 11 is 0. The SMILES string of the molecule is CCCCc1ncc(CN2C[C@H]3CC[C@@H]2CN(C(C)=O)C3)[nH]1. The normalized spacial score (nSPS) is 25.5. The molecule has 3 saturated heterocycles. The average Bonchev–Trinajstić information content (AvgIpc) is 2.73. The Kier molecular flexibility index (Phi) is 4.81. The van der Waals surface area contributed by atoms with E-state index in [0.717, 1.165) is 38.4 Å². The van der Waals surface area contributed by atoms with Crippen molar-refractivity contribution in [3.05, 3.63) is 17.7 Å². The van der Waals surface area contributed by atoms with Crippen molar-refractivity contribution in [1.82, 2.24) is 19.8 Å². The summed E-state index contributed by atoms with van der Waals surface area (Å²) in [5, 5.41) is 0. The first-order valence-corrected chi connectivity index (χ1v) is 8.68. The summed E-state index contributed by atoms with van der Waals surface area (Å²) in [7, 11) is 0. The lowest BCUT2D eigenvalue weighted by Gasteiger charge is -2.35. The number of amides is 1. The van der Waals surface area contributed by atoms with Gasteiger partial charge in [-0.15, -0.1) is 0 Å². The van der Waals surface area contributed by atoms with Gasteiger partial charge in [-0.2, -0.15) is 0 Å². The minimum atomic E-state index is 0.224. The number of H-pyrrole nitrogens is 1. The van der Waals surface area contributed by atoms with E-state index in [-0.39, 0.29) is 5.91 Å². The Morgan fingerprint density at radius 2 is 2.23 bits per heavy atom. The third kappa shape index (κ3) is 3.51.